The van der Waals surface area contributed by atoms with Crippen LogP contribution in [0, 0.1) is 25.5 Å². The van der Waals surface area contributed by atoms with Gasteiger partial charge in [0.15, 0.2) is 17.4 Å². The fraction of sp³-hybridized carbons (Fsp3) is 0.446. The number of halogens is 2. The van der Waals surface area contributed by atoms with E-state index in [-0.39, 0.29) is 52.1 Å². The van der Waals surface area contributed by atoms with Crippen LogP contribution in [0.5, 0.6) is 0 Å². The summed E-state index contributed by atoms with van der Waals surface area (Å²) in [7, 11) is 3.57. The first kappa shape index (κ1) is 70.4. The van der Waals surface area contributed by atoms with Crippen LogP contribution < -0.4 is 41.9 Å². The van der Waals surface area contributed by atoms with Gasteiger partial charge in [0.05, 0.1) is 41.0 Å². The lowest BCUT2D eigenvalue weighted by atomic mass is 10.0. The Morgan fingerprint density at radius 2 is 1.15 bits per heavy atom. The third-order valence-corrected chi connectivity index (χ3v) is 19.9. The Labute approximate surface area is 591 Å². The van der Waals surface area contributed by atoms with Gasteiger partial charge in [-0.2, -0.15) is 9.97 Å². The molecule has 2 aliphatic carbocycles. The van der Waals surface area contributed by atoms with Crippen molar-refractivity contribution in [3.8, 4) is 11.3 Å². The molecular formula is C74H91F2N23O3. The molecule has 3 aliphatic heterocycles. The maximum atomic E-state index is 14.9. The van der Waals surface area contributed by atoms with E-state index in [2.05, 4.69) is 104 Å². The highest BCUT2D eigenvalue weighted by Crippen LogP contribution is 2.37. The fourth-order valence-corrected chi connectivity index (χ4v) is 14.6. The number of carbonyl (C=O) groups is 2. The number of ketones is 1. The van der Waals surface area contributed by atoms with Crippen LogP contribution >= 0.6 is 0 Å². The van der Waals surface area contributed by atoms with E-state index in [1.807, 2.05) is 80.3 Å². The fourth-order valence-electron chi connectivity index (χ4n) is 14.6. The van der Waals surface area contributed by atoms with E-state index in [4.69, 9.17) is 9.97 Å². The first-order chi connectivity index (χ1) is 49.4. The minimum atomic E-state index is -0.636. The van der Waals surface area contributed by atoms with Crippen LogP contribution in [0.15, 0.2) is 96.6 Å². The van der Waals surface area contributed by atoms with Crippen molar-refractivity contribution in [2.24, 2.45) is 0 Å². The lowest BCUT2D eigenvalue weighted by molar-refractivity contribution is 0.0815. The number of Topliss-reactive ketones (excluding diaryl/α,β-unsaturated/α-hetero) is 1. The average molecular weight is 1390 g/mol. The summed E-state index contributed by atoms with van der Waals surface area (Å²) in [6, 6.07) is 17.2. The summed E-state index contributed by atoms with van der Waals surface area (Å²) >= 11 is 0. The minimum absolute atomic E-state index is 0.00502. The van der Waals surface area contributed by atoms with E-state index < -0.39 is 11.6 Å². The van der Waals surface area contributed by atoms with Crippen molar-refractivity contribution >= 4 is 91.5 Å². The van der Waals surface area contributed by atoms with Gasteiger partial charge in [0, 0.05) is 152 Å². The first-order valence-corrected chi connectivity index (χ1v) is 35.7. The molecule has 9 aromatic heterocycles. The van der Waals surface area contributed by atoms with E-state index in [1.54, 1.807) is 48.9 Å². The second-order valence-corrected chi connectivity index (χ2v) is 27.4. The minimum Gasteiger partial charge on any atom is -0.368 e. The molecule has 10 aromatic rings. The summed E-state index contributed by atoms with van der Waals surface area (Å²) in [5, 5.41) is 17.8. The third-order valence-electron chi connectivity index (χ3n) is 19.9. The number of likely N-dealkylation sites (N-methyl/N-ethyl adjacent to an activating group) is 1. The van der Waals surface area contributed by atoms with Crippen LogP contribution in [0.25, 0.3) is 44.4 Å². The molecule has 1 amide bonds. The molecule has 102 heavy (non-hydrogen) atoms. The third kappa shape index (κ3) is 15.7. The Bertz CT molecular complexity index is 4660. The van der Waals surface area contributed by atoms with E-state index in [9.17, 15) is 23.2 Å². The van der Waals surface area contributed by atoms with Crippen molar-refractivity contribution < 1.29 is 18.4 Å². The van der Waals surface area contributed by atoms with Crippen molar-refractivity contribution in [3.05, 3.63) is 142 Å². The highest BCUT2D eigenvalue weighted by molar-refractivity contribution is 6.00. The van der Waals surface area contributed by atoms with E-state index in [1.165, 1.54) is 25.8 Å². The summed E-state index contributed by atoms with van der Waals surface area (Å²) in [6.45, 7) is 25.3. The monoisotopic (exact) mass is 1390 g/mol. The second-order valence-electron chi connectivity index (χ2n) is 27.4. The van der Waals surface area contributed by atoms with Gasteiger partial charge in [-0.3, -0.25) is 23.9 Å². The number of nitrogens with one attached hydrogen (secondary N) is 5. The molecule has 5 fully saturated rings. The van der Waals surface area contributed by atoms with Crippen LogP contribution in [-0.4, -0.2) is 189 Å². The van der Waals surface area contributed by atoms with E-state index >= 15 is 0 Å². The lowest BCUT2D eigenvalue weighted by Crippen LogP contribution is -2.45. The number of anilines is 8. The molecular weight excluding hydrogens is 1300 g/mol. The number of rotatable bonds is 17. The van der Waals surface area contributed by atoms with Crippen LogP contribution in [-0.2, 0) is 6.54 Å². The van der Waals surface area contributed by atoms with Gasteiger partial charge in [0.2, 0.25) is 17.8 Å². The van der Waals surface area contributed by atoms with Crippen molar-refractivity contribution in [1.82, 2.24) is 88.9 Å². The Kier molecular flexibility index (Phi) is 21.7. The highest BCUT2D eigenvalue weighted by atomic mass is 19.1. The predicted molar refractivity (Wildman–Crippen MR) is 395 cm³/mol. The number of piperazine rings is 3. The van der Waals surface area contributed by atoms with Crippen LogP contribution in [0.3, 0.4) is 0 Å². The zero-order valence-corrected chi connectivity index (χ0v) is 59.5. The Morgan fingerprint density at radius 3 is 1.69 bits per heavy atom. The van der Waals surface area contributed by atoms with Crippen molar-refractivity contribution in [1.29, 1.82) is 0 Å². The molecule has 2 saturated carbocycles. The summed E-state index contributed by atoms with van der Waals surface area (Å²) in [5.41, 5.74) is 7.21. The maximum absolute atomic E-state index is 14.9. The lowest BCUT2D eigenvalue weighted by Gasteiger charge is -2.33. The van der Waals surface area contributed by atoms with Crippen molar-refractivity contribution in [3.63, 3.8) is 0 Å². The van der Waals surface area contributed by atoms with Crippen LogP contribution in [0.2, 0.25) is 0 Å². The highest BCUT2D eigenvalue weighted by Gasteiger charge is 2.29. The number of hydrogen-bond donors (Lipinski definition) is 5. The Balaban J connectivity index is 0.000000137. The van der Waals surface area contributed by atoms with Gasteiger partial charge in [0.25, 0.3) is 11.5 Å². The number of benzene rings is 1. The average Bonchev–Trinajstić information content (AvgIpc) is 1.09. The molecule has 15 rings (SSSR count). The van der Waals surface area contributed by atoms with Gasteiger partial charge >= 0.3 is 0 Å². The largest absolute Gasteiger partial charge is 0.368 e. The number of aryl methyl sites for hydroxylation is 2. The van der Waals surface area contributed by atoms with Gasteiger partial charge < -0.3 is 55.3 Å². The molecule has 0 unspecified atom stereocenters. The summed E-state index contributed by atoms with van der Waals surface area (Å²) in [4.78, 5) is 94.4. The molecule has 12 heterocycles. The van der Waals surface area contributed by atoms with E-state index in [0.29, 0.717) is 69.2 Å². The quantitative estimate of drug-likeness (QED) is 0.0530. The topological polar surface area (TPSA) is 271 Å². The summed E-state index contributed by atoms with van der Waals surface area (Å²) in [6.07, 6.45) is 18.6. The van der Waals surface area contributed by atoms with Gasteiger partial charge in [-0.15, -0.1) is 0 Å². The molecule has 5 aliphatic rings. The number of fused-ring (bicyclic) bond motifs is 3. The standard InChI is InChI=1S/C27H32F2N8.C24H29N7O2.C23H30N8O/c1-5-35-8-10-36(11-9-35)16-19-6-7-24(30-14-19)33-27-31-15-22(29)25(34-27)20-12-21(28)26-23(13-20)37(17(2)3)18(4)32-26;1-15-19-14-27-24(28-20-8-7-18(13-26-20)30-11-9-25-10-12-30)29-22(19)31(17-5-3-4-6-17)23(33)21(15)16(2)32;1-29(2)22(32)19-13-16-14-26-23(28-21(16)31(19)17-5-3-4-6-17)27-20-8-7-18(15-25-20)30-11-9-24-10-12-30/h6-7,12-15,17H,5,8-11,16H2,1-4H3,(H,30,31,33,34);7-8,13-14,17,25H,3-6,9-12H2,1-2H3,(H,26,27,28,29);7-8,13-15,17,24H,3-6,9-12H2,1-2H3,(H,25,26,27,28). The molecule has 26 nitrogen and oxygen atoms in total. The Morgan fingerprint density at radius 1 is 0.608 bits per heavy atom. The SMILES string of the molecule is CC(=O)c1c(C)c2cnc(Nc3ccc(N4CCNCC4)cn3)nc2n(C2CCCC2)c1=O.CCN1CCN(Cc2ccc(Nc3ncc(F)c(-c4cc(F)c5nc(C)n(C(C)C)c5c4)n3)nc2)CC1.CN(C)C(=O)c1cc2cnc(Nc3ccc(N4CCNCC4)cn3)nc2n1C1CCCC1. The number of imidazole rings is 1. The van der Waals surface area contributed by atoms with Gasteiger partial charge in [-0.05, 0) is 127 Å². The van der Waals surface area contributed by atoms with Gasteiger partial charge in [-0.1, -0.05) is 38.7 Å². The summed E-state index contributed by atoms with van der Waals surface area (Å²) in [5.74, 6) is 2.26. The second kappa shape index (κ2) is 31.5. The number of pyridine rings is 4. The van der Waals surface area contributed by atoms with E-state index in [0.717, 1.165) is 170 Å². The number of hydrogen-bond acceptors (Lipinski definition) is 22. The number of carbonyl (C=O) groups excluding carboxylic acids is 2. The molecule has 0 radical (unpaired) electrons. The van der Waals surface area contributed by atoms with Gasteiger partial charge in [-0.25, -0.2) is 48.7 Å². The molecule has 0 spiro atoms. The maximum Gasteiger partial charge on any atom is 0.270 e. The molecule has 0 atom stereocenters. The van der Waals surface area contributed by atoms with Crippen LogP contribution in [0.1, 0.15) is 135 Å². The summed E-state index contributed by atoms with van der Waals surface area (Å²) < 4.78 is 35.5. The smallest absolute Gasteiger partial charge is 0.270 e. The predicted octanol–water partition coefficient (Wildman–Crippen LogP) is 10.7. The van der Waals surface area contributed by atoms with Gasteiger partial charge in [0.1, 0.15) is 51.5 Å². The van der Waals surface area contributed by atoms with Crippen molar-refractivity contribution in [2.45, 2.75) is 118 Å². The van der Waals surface area contributed by atoms with Crippen molar-refractivity contribution in [2.75, 3.05) is 125 Å². The number of amides is 1. The normalized spacial score (nSPS) is 16.3. The molecule has 0 bridgehead atoms. The number of nitrogens with zero attached hydrogens (tertiary/aromatic N) is 18. The molecule has 1 aromatic carbocycles. The molecule has 3 saturated heterocycles. The molecule has 534 valence electrons. The number of aromatic nitrogens is 13. The molecule has 28 heteroatoms. The zero-order chi connectivity index (χ0) is 71.1. The molecule has 5 N–H and O–H groups in total. The first-order valence-electron chi connectivity index (χ1n) is 35.7. The zero-order valence-electron chi connectivity index (χ0n) is 59.5. The van der Waals surface area contributed by atoms with Crippen LogP contribution in [0.4, 0.5) is 55.5 Å². The Hall–Kier alpha value is -10.0.